The minimum absolute atomic E-state index is 0.124. The zero-order valence-corrected chi connectivity index (χ0v) is 11.5. The molecule has 106 valence electrons. The summed E-state index contributed by atoms with van der Waals surface area (Å²) in [6.45, 7) is 4.35. The zero-order chi connectivity index (χ0) is 14.1. The molecule has 3 heterocycles. The molecule has 0 aliphatic carbocycles. The fraction of sp³-hybridized carbons (Fsp3) is 0.538. The van der Waals surface area contributed by atoms with Crippen LogP contribution in [0.3, 0.4) is 0 Å². The second-order valence-corrected chi connectivity index (χ2v) is 4.81. The molecule has 1 amide bonds. The first-order valence-corrected chi connectivity index (χ1v) is 6.74. The SMILES string of the molecule is CCc1ocnc1C(=O)N1CCCC1c1noc(C)n1. The molecule has 1 atom stereocenters. The van der Waals surface area contributed by atoms with E-state index in [0.717, 1.165) is 12.8 Å². The number of hydrogen-bond acceptors (Lipinski definition) is 6. The zero-order valence-electron chi connectivity index (χ0n) is 11.5. The Kier molecular flexibility index (Phi) is 3.25. The van der Waals surface area contributed by atoms with Crippen LogP contribution < -0.4 is 0 Å². The fourth-order valence-electron chi connectivity index (χ4n) is 2.56. The molecule has 2 aromatic rings. The van der Waals surface area contributed by atoms with Crippen molar-refractivity contribution < 1.29 is 13.7 Å². The lowest BCUT2D eigenvalue weighted by atomic mass is 10.2. The van der Waals surface area contributed by atoms with E-state index >= 15 is 0 Å². The van der Waals surface area contributed by atoms with Crippen LogP contribution in [0.15, 0.2) is 15.3 Å². The lowest BCUT2D eigenvalue weighted by Gasteiger charge is -2.21. The third-order valence-corrected chi connectivity index (χ3v) is 3.52. The summed E-state index contributed by atoms with van der Waals surface area (Å²) < 4.78 is 10.2. The van der Waals surface area contributed by atoms with Gasteiger partial charge in [0.25, 0.3) is 5.91 Å². The van der Waals surface area contributed by atoms with Crippen LogP contribution >= 0.6 is 0 Å². The second-order valence-electron chi connectivity index (χ2n) is 4.81. The maximum atomic E-state index is 12.6. The number of aromatic nitrogens is 3. The van der Waals surface area contributed by atoms with E-state index in [4.69, 9.17) is 8.94 Å². The van der Waals surface area contributed by atoms with Crippen molar-refractivity contribution in [1.29, 1.82) is 0 Å². The van der Waals surface area contributed by atoms with Gasteiger partial charge in [-0.3, -0.25) is 4.79 Å². The fourth-order valence-corrected chi connectivity index (χ4v) is 2.56. The summed E-state index contributed by atoms with van der Waals surface area (Å²) in [5.41, 5.74) is 0.389. The minimum Gasteiger partial charge on any atom is -0.448 e. The van der Waals surface area contributed by atoms with E-state index in [2.05, 4.69) is 15.1 Å². The smallest absolute Gasteiger partial charge is 0.276 e. The molecular weight excluding hydrogens is 260 g/mol. The highest BCUT2D eigenvalue weighted by Crippen LogP contribution is 2.31. The monoisotopic (exact) mass is 276 g/mol. The van der Waals surface area contributed by atoms with Crippen molar-refractivity contribution in [2.75, 3.05) is 6.54 Å². The molecule has 0 aromatic carbocycles. The van der Waals surface area contributed by atoms with Crippen molar-refractivity contribution in [1.82, 2.24) is 20.0 Å². The highest BCUT2D eigenvalue weighted by Gasteiger charge is 2.35. The van der Waals surface area contributed by atoms with Crippen LogP contribution in [-0.2, 0) is 6.42 Å². The number of hydrogen-bond donors (Lipinski definition) is 0. The number of nitrogens with zero attached hydrogens (tertiary/aromatic N) is 4. The maximum Gasteiger partial charge on any atom is 0.276 e. The first kappa shape index (κ1) is 12.8. The van der Waals surface area contributed by atoms with Gasteiger partial charge in [-0.1, -0.05) is 12.1 Å². The Bertz CT molecular complexity index is 619. The average molecular weight is 276 g/mol. The molecular formula is C13H16N4O3. The summed E-state index contributed by atoms with van der Waals surface area (Å²) in [6.07, 6.45) is 3.71. The number of carbonyl (C=O) groups is 1. The van der Waals surface area contributed by atoms with Crippen LogP contribution in [0.2, 0.25) is 0 Å². The standard InChI is InChI=1S/C13H16N4O3/c1-3-10-11(14-7-19-10)13(18)17-6-4-5-9(17)12-15-8(2)20-16-12/h7,9H,3-6H2,1-2H3. The van der Waals surface area contributed by atoms with Crippen LogP contribution in [0, 0.1) is 6.92 Å². The first-order valence-electron chi connectivity index (χ1n) is 6.74. The molecule has 2 aromatic heterocycles. The molecule has 3 rings (SSSR count). The summed E-state index contributed by atoms with van der Waals surface area (Å²) in [6, 6.07) is -0.138. The van der Waals surface area contributed by atoms with E-state index in [-0.39, 0.29) is 11.9 Å². The van der Waals surface area contributed by atoms with Gasteiger partial charge in [0.2, 0.25) is 5.89 Å². The number of amides is 1. The van der Waals surface area contributed by atoms with Crippen molar-refractivity contribution >= 4 is 5.91 Å². The Labute approximate surface area is 116 Å². The van der Waals surface area contributed by atoms with Crippen molar-refractivity contribution in [3.8, 4) is 0 Å². The quantitative estimate of drug-likeness (QED) is 0.851. The van der Waals surface area contributed by atoms with Crippen LogP contribution in [-0.4, -0.2) is 32.5 Å². The predicted octanol–water partition coefficient (Wildman–Crippen LogP) is 1.91. The highest BCUT2D eigenvalue weighted by atomic mass is 16.5. The Hall–Kier alpha value is -2.18. The molecule has 1 unspecified atom stereocenters. The van der Waals surface area contributed by atoms with Gasteiger partial charge in [0.05, 0.1) is 6.04 Å². The van der Waals surface area contributed by atoms with E-state index in [1.165, 1.54) is 6.39 Å². The lowest BCUT2D eigenvalue weighted by Crippen LogP contribution is -2.32. The van der Waals surface area contributed by atoms with E-state index in [9.17, 15) is 4.79 Å². The van der Waals surface area contributed by atoms with Gasteiger partial charge >= 0.3 is 0 Å². The van der Waals surface area contributed by atoms with Crippen molar-refractivity contribution in [3.63, 3.8) is 0 Å². The molecule has 1 saturated heterocycles. The predicted molar refractivity (Wildman–Crippen MR) is 67.9 cm³/mol. The highest BCUT2D eigenvalue weighted by molar-refractivity contribution is 5.93. The van der Waals surface area contributed by atoms with Gasteiger partial charge in [-0.05, 0) is 12.8 Å². The molecule has 0 bridgehead atoms. The minimum atomic E-state index is -0.138. The number of carbonyl (C=O) groups excluding carboxylic acids is 1. The molecule has 20 heavy (non-hydrogen) atoms. The molecule has 0 spiro atoms. The normalized spacial score (nSPS) is 18.7. The third kappa shape index (κ3) is 2.09. The second kappa shape index (κ2) is 5.07. The van der Waals surface area contributed by atoms with Crippen molar-refractivity contribution in [3.05, 3.63) is 29.6 Å². The van der Waals surface area contributed by atoms with Crippen molar-refractivity contribution in [2.45, 2.75) is 39.2 Å². The summed E-state index contributed by atoms with van der Waals surface area (Å²) in [5.74, 6) is 1.57. The van der Waals surface area contributed by atoms with Gasteiger partial charge in [-0.25, -0.2) is 4.98 Å². The number of rotatable bonds is 3. The van der Waals surface area contributed by atoms with E-state index in [1.54, 1.807) is 11.8 Å². The van der Waals surface area contributed by atoms with Gasteiger partial charge in [0, 0.05) is 19.9 Å². The molecule has 0 saturated carbocycles. The summed E-state index contributed by atoms with van der Waals surface area (Å²) in [4.78, 5) is 22.6. The molecule has 0 N–H and O–H groups in total. The van der Waals surface area contributed by atoms with Crippen molar-refractivity contribution in [2.24, 2.45) is 0 Å². The van der Waals surface area contributed by atoms with Gasteiger partial charge < -0.3 is 13.8 Å². The number of likely N-dealkylation sites (tertiary alicyclic amines) is 1. The Balaban J connectivity index is 1.87. The Morgan fingerprint density at radius 1 is 1.55 bits per heavy atom. The van der Waals surface area contributed by atoms with Crippen LogP contribution in [0.25, 0.3) is 0 Å². The largest absolute Gasteiger partial charge is 0.448 e. The van der Waals surface area contributed by atoms with Gasteiger partial charge in [0.15, 0.2) is 17.9 Å². The van der Waals surface area contributed by atoms with Gasteiger partial charge in [0.1, 0.15) is 5.76 Å². The number of aryl methyl sites for hydroxylation is 2. The van der Waals surface area contributed by atoms with E-state index < -0.39 is 0 Å². The van der Waals surface area contributed by atoms with Crippen LogP contribution in [0.1, 0.15) is 53.8 Å². The molecule has 0 radical (unpaired) electrons. The number of oxazole rings is 1. The third-order valence-electron chi connectivity index (χ3n) is 3.52. The summed E-state index contributed by atoms with van der Waals surface area (Å²) in [7, 11) is 0. The van der Waals surface area contributed by atoms with Crippen LogP contribution in [0.4, 0.5) is 0 Å². The molecule has 7 heteroatoms. The van der Waals surface area contributed by atoms with Gasteiger partial charge in [-0.2, -0.15) is 4.98 Å². The van der Waals surface area contributed by atoms with E-state index in [0.29, 0.717) is 36.1 Å². The summed E-state index contributed by atoms with van der Waals surface area (Å²) in [5, 5.41) is 3.93. The first-order chi connectivity index (χ1) is 9.70. The molecule has 1 aliphatic heterocycles. The maximum absolute atomic E-state index is 12.6. The lowest BCUT2D eigenvalue weighted by molar-refractivity contribution is 0.0721. The Morgan fingerprint density at radius 2 is 2.40 bits per heavy atom. The Morgan fingerprint density at radius 3 is 3.10 bits per heavy atom. The average Bonchev–Trinajstić information content (AvgIpc) is 3.17. The van der Waals surface area contributed by atoms with Crippen LogP contribution in [0.5, 0.6) is 0 Å². The van der Waals surface area contributed by atoms with Gasteiger partial charge in [-0.15, -0.1) is 0 Å². The van der Waals surface area contributed by atoms with E-state index in [1.807, 2.05) is 6.92 Å². The summed E-state index contributed by atoms with van der Waals surface area (Å²) >= 11 is 0. The molecule has 1 fully saturated rings. The molecule has 7 nitrogen and oxygen atoms in total. The molecule has 1 aliphatic rings. The topological polar surface area (TPSA) is 85.3 Å².